The number of amides is 1. The quantitative estimate of drug-likeness (QED) is 0.886. The number of hydrogen-bond donors (Lipinski definition) is 1. The molecule has 0 radical (unpaired) electrons. The van der Waals surface area contributed by atoms with Crippen molar-refractivity contribution in [1.29, 1.82) is 0 Å². The number of nitrogens with one attached hydrogen (secondary N) is 1. The summed E-state index contributed by atoms with van der Waals surface area (Å²) in [7, 11) is 0. The normalized spacial score (nSPS) is 16.6. The lowest BCUT2D eigenvalue weighted by molar-refractivity contribution is -0.130. The predicted molar refractivity (Wildman–Crippen MR) is 82.6 cm³/mol. The van der Waals surface area contributed by atoms with Crippen molar-refractivity contribution in [2.45, 2.75) is 19.1 Å². The Balaban J connectivity index is 1.67. The van der Waals surface area contributed by atoms with Gasteiger partial charge in [0.1, 0.15) is 0 Å². The molecule has 1 N–H and O–H groups in total. The van der Waals surface area contributed by atoms with Crippen LogP contribution in [0.15, 0.2) is 48.5 Å². The van der Waals surface area contributed by atoms with Crippen molar-refractivity contribution in [2.75, 3.05) is 0 Å². The summed E-state index contributed by atoms with van der Waals surface area (Å²) in [6, 6.07) is 14.6. The Bertz CT molecular complexity index is 715. The van der Waals surface area contributed by atoms with Gasteiger partial charge in [0.2, 0.25) is 0 Å². The van der Waals surface area contributed by atoms with Gasteiger partial charge in [0.05, 0.1) is 5.56 Å². The van der Waals surface area contributed by atoms with E-state index in [-0.39, 0.29) is 5.91 Å². The molecule has 0 saturated carbocycles. The summed E-state index contributed by atoms with van der Waals surface area (Å²) in [6.07, 6.45) is -0.441. The topological polar surface area (TPSA) is 55.4 Å². The fourth-order valence-corrected chi connectivity index (χ4v) is 2.57. The van der Waals surface area contributed by atoms with E-state index in [1.165, 1.54) is 0 Å². The van der Waals surface area contributed by atoms with Gasteiger partial charge in [0.15, 0.2) is 6.10 Å². The average Bonchev–Trinajstić information content (AvgIpc) is 2.54. The summed E-state index contributed by atoms with van der Waals surface area (Å²) in [5, 5.41) is 3.26. The van der Waals surface area contributed by atoms with Crippen LogP contribution in [0.1, 0.15) is 21.5 Å². The number of ether oxygens (including phenoxy) is 1. The lowest BCUT2D eigenvalue weighted by Crippen LogP contribution is -2.41. The maximum atomic E-state index is 12.2. The van der Waals surface area contributed by atoms with Crippen LogP contribution in [0.3, 0.4) is 0 Å². The zero-order valence-corrected chi connectivity index (χ0v) is 12.5. The molecule has 2 aromatic carbocycles. The minimum atomic E-state index is -0.801. The van der Waals surface area contributed by atoms with Gasteiger partial charge in [-0.2, -0.15) is 0 Å². The second kappa shape index (κ2) is 6.20. The highest BCUT2D eigenvalue weighted by Gasteiger charge is 2.31. The number of fused-ring (bicyclic) bond motifs is 1. The maximum absolute atomic E-state index is 12.2. The number of carbonyl (C=O) groups is 2. The van der Waals surface area contributed by atoms with E-state index in [2.05, 4.69) is 5.32 Å². The molecular formula is C17H14ClNO3. The van der Waals surface area contributed by atoms with E-state index in [9.17, 15) is 9.59 Å². The van der Waals surface area contributed by atoms with Crippen molar-refractivity contribution in [1.82, 2.24) is 5.32 Å². The SMILES string of the molecule is O=C1O[C@@H](C(=O)NCc2ccccc2)Cc2ccc(Cl)cc21. The highest BCUT2D eigenvalue weighted by molar-refractivity contribution is 6.31. The van der Waals surface area contributed by atoms with Gasteiger partial charge >= 0.3 is 5.97 Å². The third-order valence-electron chi connectivity index (χ3n) is 3.55. The summed E-state index contributed by atoms with van der Waals surface area (Å²) >= 11 is 5.87. The summed E-state index contributed by atoms with van der Waals surface area (Å²) in [5.41, 5.74) is 2.20. The smallest absolute Gasteiger partial charge is 0.339 e. The van der Waals surface area contributed by atoms with Gasteiger partial charge in [0.25, 0.3) is 5.91 Å². The van der Waals surface area contributed by atoms with E-state index in [1.807, 2.05) is 30.3 Å². The minimum absolute atomic E-state index is 0.294. The van der Waals surface area contributed by atoms with Crippen LogP contribution in [-0.2, 0) is 22.5 Å². The zero-order valence-electron chi connectivity index (χ0n) is 11.7. The minimum Gasteiger partial charge on any atom is -0.448 e. The molecule has 5 heteroatoms. The lowest BCUT2D eigenvalue weighted by Gasteiger charge is -2.24. The predicted octanol–water partition coefficient (Wildman–Crippen LogP) is 2.74. The Hall–Kier alpha value is -2.33. The van der Waals surface area contributed by atoms with Crippen molar-refractivity contribution in [3.63, 3.8) is 0 Å². The van der Waals surface area contributed by atoms with E-state index in [4.69, 9.17) is 16.3 Å². The highest BCUT2D eigenvalue weighted by Crippen LogP contribution is 2.24. The van der Waals surface area contributed by atoms with Gasteiger partial charge in [-0.1, -0.05) is 48.0 Å². The summed E-state index contributed by atoms with van der Waals surface area (Å²) < 4.78 is 5.21. The highest BCUT2D eigenvalue weighted by atomic mass is 35.5. The van der Waals surface area contributed by atoms with E-state index in [1.54, 1.807) is 18.2 Å². The van der Waals surface area contributed by atoms with Crippen molar-refractivity contribution >= 4 is 23.5 Å². The molecule has 112 valence electrons. The molecule has 0 spiro atoms. The first-order valence-electron chi connectivity index (χ1n) is 6.94. The number of halogens is 1. The number of carbonyl (C=O) groups excluding carboxylic acids is 2. The molecule has 4 nitrogen and oxygen atoms in total. The first-order chi connectivity index (χ1) is 10.6. The first kappa shape index (κ1) is 14.6. The molecule has 0 aliphatic carbocycles. The van der Waals surface area contributed by atoms with Crippen molar-refractivity contribution < 1.29 is 14.3 Å². The van der Waals surface area contributed by atoms with Crippen LogP contribution in [0.5, 0.6) is 0 Å². The molecule has 0 fully saturated rings. The summed E-state index contributed by atoms with van der Waals surface area (Å²) in [5.74, 6) is -0.804. The van der Waals surface area contributed by atoms with Crippen molar-refractivity contribution in [3.8, 4) is 0 Å². The van der Waals surface area contributed by atoms with Crippen LogP contribution in [0.4, 0.5) is 0 Å². The zero-order chi connectivity index (χ0) is 15.5. The molecule has 1 atom stereocenters. The van der Waals surface area contributed by atoms with Gasteiger partial charge in [0, 0.05) is 18.0 Å². The molecule has 22 heavy (non-hydrogen) atoms. The second-order valence-corrected chi connectivity index (χ2v) is 5.54. The Labute approximate surface area is 133 Å². The van der Waals surface area contributed by atoms with E-state index in [0.717, 1.165) is 11.1 Å². The third-order valence-corrected chi connectivity index (χ3v) is 3.78. The van der Waals surface area contributed by atoms with Gasteiger partial charge in [-0.3, -0.25) is 4.79 Å². The van der Waals surface area contributed by atoms with E-state index >= 15 is 0 Å². The Morgan fingerprint density at radius 3 is 2.77 bits per heavy atom. The van der Waals surface area contributed by atoms with Crippen LogP contribution in [0.2, 0.25) is 5.02 Å². The molecule has 2 aromatic rings. The van der Waals surface area contributed by atoms with Gasteiger partial charge in [-0.25, -0.2) is 4.79 Å². The fraction of sp³-hybridized carbons (Fsp3) is 0.176. The third kappa shape index (κ3) is 3.12. The molecule has 0 unspecified atom stereocenters. The number of rotatable bonds is 3. The van der Waals surface area contributed by atoms with Gasteiger partial charge in [-0.05, 0) is 23.3 Å². The molecule has 1 heterocycles. The molecular weight excluding hydrogens is 302 g/mol. The molecule has 0 bridgehead atoms. The van der Waals surface area contributed by atoms with E-state index in [0.29, 0.717) is 23.6 Å². The lowest BCUT2D eigenvalue weighted by atomic mass is 9.98. The number of cyclic esters (lactones) is 1. The summed E-state index contributed by atoms with van der Waals surface area (Å²) in [4.78, 5) is 24.1. The molecule has 1 amide bonds. The van der Waals surface area contributed by atoms with E-state index < -0.39 is 12.1 Å². The van der Waals surface area contributed by atoms with Gasteiger partial charge < -0.3 is 10.1 Å². The largest absolute Gasteiger partial charge is 0.448 e. The Kier molecular flexibility index (Phi) is 4.11. The molecule has 1 aliphatic heterocycles. The molecule has 3 rings (SSSR count). The van der Waals surface area contributed by atoms with Crippen molar-refractivity contribution in [3.05, 3.63) is 70.2 Å². The average molecular weight is 316 g/mol. The first-order valence-corrected chi connectivity index (χ1v) is 7.32. The van der Waals surface area contributed by atoms with Crippen LogP contribution < -0.4 is 5.32 Å². The molecule has 1 aliphatic rings. The van der Waals surface area contributed by atoms with Crippen LogP contribution in [0, 0.1) is 0 Å². The molecule has 0 saturated heterocycles. The van der Waals surface area contributed by atoms with Crippen LogP contribution in [-0.4, -0.2) is 18.0 Å². The van der Waals surface area contributed by atoms with Gasteiger partial charge in [-0.15, -0.1) is 0 Å². The van der Waals surface area contributed by atoms with Crippen molar-refractivity contribution in [2.24, 2.45) is 0 Å². The summed E-state index contributed by atoms with van der Waals surface area (Å²) in [6.45, 7) is 0.404. The Morgan fingerprint density at radius 1 is 1.23 bits per heavy atom. The number of hydrogen-bond acceptors (Lipinski definition) is 3. The second-order valence-electron chi connectivity index (χ2n) is 5.10. The number of esters is 1. The van der Waals surface area contributed by atoms with Crippen LogP contribution in [0.25, 0.3) is 0 Å². The molecule has 0 aromatic heterocycles. The van der Waals surface area contributed by atoms with Crippen LogP contribution >= 0.6 is 11.6 Å². The monoisotopic (exact) mass is 315 g/mol. The fourth-order valence-electron chi connectivity index (χ4n) is 2.40. The maximum Gasteiger partial charge on any atom is 0.339 e. The Morgan fingerprint density at radius 2 is 2.00 bits per heavy atom. The number of benzene rings is 2. The standard InChI is InChI=1S/C17H14ClNO3/c18-13-7-6-12-8-15(22-17(21)14(12)9-13)16(20)19-10-11-4-2-1-3-5-11/h1-7,9,15H,8,10H2,(H,19,20)/t15-/m1/s1.